The van der Waals surface area contributed by atoms with E-state index in [1.54, 1.807) is 30.3 Å². The number of nitrogens with zero attached hydrogens (tertiary/aromatic N) is 1. The van der Waals surface area contributed by atoms with Gasteiger partial charge in [-0.2, -0.15) is 0 Å². The first-order chi connectivity index (χ1) is 14.0. The van der Waals surface area contributed by atoms with E-state index >= 15 is 0 Å². The number of benzene rings is 1. The highest BCUT2D eigenvalue weighted by Crippen LogP contribution is 2.35. The first kappa shape index (κ1) is 24.7. The van der Waals surface area contributed by atoms with Gasteiger partial charge in [0.15, 0.2) is 6.61 Å². The molecule has 0 saturated carbocycles. The smallest absolute Gasteiger partial charge is 0.369 e. The second-order valence-electron chi connectivity index (χ2n) is 5.73. The molecule has 0 radical (unpaired) electrons. The van der Waals surface area contributed by atoms with Crippen molar-refractivity contribution in [2.24, 2.45) is 0 Å². The highest BCUT2D eigenvalue weighted by atomic mass is 35.6. The van der Waals surface area contributed by atoms with Gasteiger partial charge in [0.05, 0.1) is 0 Å². The van der Waals surface area contributed by atoms with Crippen LogP contribution < -0.4 is 10.1 Å². The maximum absolute atomic E-state index is 12.3. The molecule has 2 amide bonds. The Balaban J connectivity index is 2.00. The molecule has 1 aromatic carbocycles. The fraction of sp³-hybridized carbons (Fsp3) is 0.375. The monoisotopic (exact) mass is 518 g/mol. The van der Waals surface area contributed by atoms with Crippen LogP contribution in [0.2, 0.25) is 0 Å². The number of rotatable bonds is 8. The normalized spacial score (nSPS) is 19.5. The van der Waals surface area contributed by atoms with E-state index in [9.17, 15) is 19.2 Å². The van der Waals surface area contributed by atoms with Crippen LogP contribution in [0.3, 0.4) is 0 Å². The second kappa shape index (κ2) is 10.6. The van der Waals surface area contributed by atoms with Crippen molar-refractivity contribution in [2.45, 2.75) is 20.7 Å². The molecule has 14 heteroatoms. The van der Waals surface area contributed by atoms with Crippen molar-refractivity contribution < 1.29 is 33.8 Å². The highest BCUT2D eigenvalue weighted by molar-refractivity contribution is 8.13. The number of amides is 2. The van der Waals surface area contributed by atoms with Crippen LogP contribution in [0.4, 0.5) is 4.79 Å². The Labute approximate surface area is 194 Å². The van der Waals surface area contributed by atoms with Crippen molar-refractivity contribution in [2.75, 3.05) is 13.2 Å². The SMILES string of the molecule is O=C(COc1ccccc1)NC1C(=O)N(C(Cl)C(=O)O)C1SC(=O)OCC(Cl)(Cl)Cl. The molecule has 1 saturated heterocycles. The number of carbonyl (C=O) groups is 4. The number of carboxylic acid groups (broad SMARTS) is 1. The molecule has 3 unspecified atom stereocenters. The van der Waals surface area contributed by atoms with Crippen LogP contribution in [0.15, 0.2) is 30.3 Å². The van der Waals surface area contributed by atoms with Crippen LogP contribution in [-0.2, 0) is 19.1 Å². The zero-order valence-corrected chi connectivity index (χ0v) is 18.6. The Kier molecular flexibility index (Phi) is 8.74. The van der Waals surface area contributed by atoms with Crippen molar-refractivity contribution in [3.8, 4) is 5.75 Å². The lowest BCUT2D eigenvalue weighted by Gasteiger charge is -2.46. The molecule has 164 valence electrons. The van der Waals surface area contributed by atoms with Gasteiger partial charge in [0.25, 0.3) is 11.8 Å². The summed E-state index contributed by atoms with van der Waals surface area (Å²) in [6.07, 6.45) is 0. The van der Waals surface area contributed by atoms with Crippen LogP contribution >= 0.6 is 58.2 Å². The number of aliphatic carboxylic acids is 1. The fourth-order valence-corrected chi connectivity index (χ4v) is 3.69. The average Bonchev–Trinajstić information content (AvgIpc) is 2.68. The van der Waals surface area contributed by atoms with Crippen molar-refractivity contribution in [1.82, 2.24) is 10.2 Å². The number of carbonyl (C=O) groups excluding carboxylic acids is 3. The minimum Gasteiger partial charge on any atom is -0.484 e. The van der Waals surface area contributed by atoms with Gasteiger partial charge < -0.3 is 19.9 Å². The number of likely N-dealkylation sites (tertiary alicyclic amines) is 1. The van der Waals surface area contributed by atoms with Crippen molar-refractivity contribution >= 4 is 81.3 Å². The molecule has 2 N–H and O–H groups in total. The number of β-lactam (4-membered cyclic amide) rings is 1. The summed E-state index contributed by atoms with van der Waals surface area (Å²) in [4.78, 5) is 48.3. The summed E-state index contributed by atoms with van der Waals surface area (Å²) in [6.45, 7) is -0.985. The topological polar surface area (TPSA) is 122 Å². The average molecular weight is 520 g/mol. The maximum atomic E-state index is 12.3. The van der Waals surface area contributed by atoms with Gasteiger partial charge in [-0.3, -0.25) is 14.5 Å². The van der Waals surface area contributed by atoms with E-state index in [4.69, 9.17) is 61.0 Å². The van der Waals surface area contributed by atoms with E-state index in [0.717, 1.165) is 0 Å². The van der Waals surface area contributed by atoms with E-state index in [-0.39, 0.29) is 0 Å². The Bertz CT molecular complexity index is 809. The number of alkyl halides is 4. The molecule has 0 spiro atoms. The molecular weight excluding hydrogens is 506 g/mol. The lowest BCUT2D eigenvalue weighted by molar-refractivity contribution is -0.157. The van der Waals surface area contributed by atoms with Gasteiger partial charge in [-0.05, 0) is 23.9 Å². The molecule has 1 heterocycles. The zero-order chi connectivity index (χ0) is 22.5. The number of hydrogen-bond donors (Lipinski definition) is 2. The van der Waals surface area contributed by atoms with Crippen LogP contribution in [0.5, 0.6) is 5.75 Å². The predicted molar refractivity (Wildman–Crippen MR) is 111 cm³/mol. The third kappa shape index (κ3) is 6.98. The second-order valence-corrected chi connectivity index (χ2v) is 9.71. The van der Waals surface area contributed by atoms with Crippen molar-refractivity contribution in [3.05, 3.63) is 30.3 Å². The molecule has 1 fully saturated rings. The summed E-state index contributed by atoms with van der Waals surface area (Å²) in [6, 6.07) is 7.22. The number of nitrogens with one attached hydrogen (secondary N) is 1. The van der Waals surface area contributed by atoms with Gasteiger partial charge in [0, 0.05) is 0 Å². The molecule has 0 bridgehead atoms. The Morgan fingerprint density at radius 2 is 1.87 bits per heavy atom. The lowest BCUT2D eigenvalue weighted by atomic mass is 10.1. The molecular formula is C16H14Cl4N2O7S. The minimum atomic E-state index is -1.86. The quantitative estimate of drug-likeness (QED) is 0.232. The molecule has 1 aliphatic rings. The predicted octanol–water partition coefficient (Wildman–Crippen LogP) is 2.61. The largest absolute Gasteiger partial charge is 0.484 e. The van der Waals surface area contributed by atoms with Gasteiger partial charge in [-0.25, -0.2) is 9.59 Å². The number of carboxylic acids is 1. The van der Waals surface area contributed by atoms with Gasteiger partial charge in [-0.15, -0.1) is 0 Å². The van der Waals surface area contributed by atoms with Crippen LogP contribution in [-0.4, -0.2) is 67.0 Å². The van der Waals surface area contributed by atoms with E-state index in [1.165, 1.54) is 0 Å². The summed E-state index contributed by atoms with van der Waals surface area (Å²) in [5.41, 5.74) is -1.76. The number of para-hydroxylation sites is 1. The van der Waals surface area contributed by atoms with Gasteiger partial charge in [0.2, 0.25) is 9.29 Å². The first-order valence-corrected chi connectivity index (χ1v) is 10.5. The maximum Gasteiger partial charge on any atom is 0.369 e. The van der Waals surface area contributed by atoms with E-state index in [1.807, 2.05) is 0 Å². The third-order valence-electron chi connectivity index (χ3n) is 3.53. The van der Waals surface area contributed by atoms with Crippen LogP contribution in [0.1, 0.15) is 0 Å². The number of halogens is 4. The molecule has 3 atom stereocenters. The lowest BCUT2D eigenvalue weighted by Crippen LogP contribution is -2.72. The van der Waals surface area contributed by atoms with E-state index < -0.39 is 57.0 Å². The van der Waals surface area contributed by atoms with Gasteiger partial charge >= 0.3 is 11.3 Å². The fourth-order valence-electron chi connectivity index (χ4n) is 2.26. The van der Waals surface area contributed by atoms with E-state index in [0.29, 0.717) is 22.4 Å². The summed E-state index contributed by atoms with van der Waals surface area (Å²) in [5, 5.41) is 9.33. The molecule has 0 aliphatic carbocycles. The van der Waals surface area contributed by atoms with Gasteiger partial charge in [-0.1, -0.05) is 64.6 Å². The molecule has 0 aromatic heterocycles. The minimum absolute atomic E-state index is 0.411. The highest BCUT2D eigenvalue weighted by Gasteiger charge is 2.54. The summed E-state index contributed by atoms with van der Waals surface area (Å²) in [7, 11) is 0. The van der Waals surface area contributed by atoms with Crippen molar-refractivity contribution in [1.29, 1.82) is 0 Å². The Hall–Kier alpha value is -1.59. The van der Waals surface area contributed by atoms with Crippen LogP contribution in [0, 0.1) is 0 Å². The number of ether oxygens (including phenoxy) is 2. The summed E-state index contributed by atoms with van der Waals surface area (Å²) >= 11 is 22.6. The molecule has 1 aromatic rings. The van der Waals surface area contributed by atoms with E-state index in [2.05, 4.69) is 5.32 Å². The Morgan fingerprint density at radius 1 is 1.23 bits per heavy atom. The summed E-state index contributed by atoms with van der Waals surface area (Å²) in [5.74, 6) is -2.54. The zero-order valence-electron chi connectivity index (χ0n) is 14.8. The molecule has 30 heavy (non-hydrogen) atoms. The summed E-state index contributed by atoms with van der Waals surface area (Å²) < 4.78 is 8.18. The number of thioether (sulfide) groups is 1. The van der Waals surface area contributed by atoms with Gasteiger partial charge in [0.1, 0.15) is 23.8 Å². The number of hydrogen-bond acceptors (Lipinski definition) is 7. The molecule has 1 aliphatic heterocycles. The third-order valence-corrected chi connectivity index (χ3v) is 5.30. The van der Waals surface area contributed by atoms with Crippen molar-refractivity contribution in [3.63, 3.8) is 0 Å². The molecule has 9 nitrogen and oxygen atoms in total. The Morgan fingerprint density at radius 3 is 2.43 bits per heavy atom. The van der Waals surface area contributed by atoms with Crippen LogP contribution in [0.25, 0.3) is 0 Å². The standard InChI is InChI=1S/C16H14Cl4N2O7S/c17-11(14(25)26)22-12(24)10(13(22)30-15(27)29-7-16(18,19)20)21-9(23)6-28-8-4-2-1-3-5-8/h1-5,10-11,13H,6-7H2,(H,21,23)(H,25,26). The molecule has 2 rings (SSSR count). The first-order valence-electron chi connectivity index (χ1n) is 8.06.